The summed E-state index contributed by atoms with van der Waals surface area (Å²) in [5, 5.41) is 0. The number of benzene rings is 1. The molecule has 0 aromatic heterocycles. The van der Waals surface area contributed by atoms with Crippen LogP contribution in [0.5, 0.6) is 0 Å². The Morgan fingerprint density at radius 2 is 1.72 bits per heavy atom. The van der Waals surface area contributed by atoms with Gasteiger partial charge in [-0.1, -0.05) is 6.07 Å². The monoisotopic (exact) mass is 363 g/mol. The molecule has 0 aliphatic heterocycles. The van der Waals surface area contributed by atoms with Gasteiger partial charge in [-0.2, -0.15) is 4.40 Å². The third-order valence-corrected chi connectivity index (χ3v) is 7.26. The van der Waals surface area contributed by atoms with Crippen molar-refractivity contribution < 1.29 is 17.9 Å². The van der Waals surface area contributed by atoms with Gasteiger partial charge in [-0.15, -0.1) is 0 Å². The number of ether oxygens (including phenoxy) is 1. The lowest BCUT2D eigenvalue weighted by Crippen LogP contribution is -2.28. The number of hydrogen-bond acceptors (Lipinski definition) is 4. The van der Waals surface area contributed by atoms with E-state index in [-0.39, 0.29) is 17.8 Å². The molecule has 0 unspecified atom stereocenters. The first-order chi connectivity index (χ1) is 11.6. The van der Waals surface area contributed by atoms with E-state index in [2.05, 4.69) is 4.40 Å². The fourth-order valence-corrected chi connectivity index (χ4v) is 4.51. The van der Waals surface area contributed by atoms with Crippen LogP contribution in [0, 0.1) is 11.8 Å². The molecule has 2 aliphatic rings. The van der Waals surface area contributed by atoms with Crippen LogP contribution in [0.15, 0.2) is 22.6 Å². The minimum atomic E-state index is -3.54. The second kappa shape index (κ2) is 6.24. The van der Waals surface area contributed by atoms with Gasteiger partial charge in [0.05, 0.1) is 17.4 Å². The second-order valence-corrected chi connectivity index (χ2v) is 10.3. The van der Waals surface area contributed by atoms with Gasteiger partial charge < -0.3 is 4.74 Å². The van der Waals surface area contributed by atoms with Gasteiger partial charge in [0, 0.05) is 17.5 Å². The number of carbonyl (C=O) groups is 1. The van der Waals surface area contributed by atoms with E-state index >= 15 is 0 Å². The number of hydrogen-bond donors (Lipinski definition) is 0. The highest BCUT2D eigenvalue weighted by Crippen LogP contribution is 2.39. The van der Waals surface area contributed by atoms with Crippen LogP contribution in [-0.4, -0.2) is 32.0 Å². The highest BCUT2D eigenvalue weighted by molar-refractivity contribution is 7.91. The minimum absolute atomic E-state index is 0.135. The summed E-state index contributed by atoms with van der Waals surface area (Å²) in [5.41, 5.74) is 3.65. The molecule has 5 nitrogen and oxygen atoms in total. The first-order valence-corrected chi connectivity index (χ1v) is 10.1. The molecule has 2 bridgehead atoms. The van der Waals surface area contributed by atoms with Crippen molar-refractivity contribution in [3.8, 4) is 0 Å². The largest absolute Gasteiger partial charge is 0.465 e. The Hall–Kier alpha value is -1.69. The maximum absolute atomic E-state index is 12.6. The van der Waals surface area contributed by atoms with Gasteiger partial charge in [-0.3, -0.25) is 0 Å². The number of rotatable bonds is 2. The van der Waals surface area contributed by atoms with Crippen LogP contribution in [0.1, 0.15) is 55.1 Å². The van der Waals surface area contributed by atoms with Crippen molar-refractivity contribution in [1.29, 1.82) is 0 Å². The van der Waals surface area contributed by atoms with Crippen molar-refractivity contribution in [2.24, 2.45) is 16.2 Å². The summed E-state index contributed by atoms with van der Waals surface area (Å²) in [5.74, 6) is -0.0370. The molecule has 0 N–H and O–H groups in total. The number of methoxy groups -OCH3 is 1. The molecule has 1 aromatic rings. The molecule has 1 saturated carbocycles. The van der Waals surface area contributed by atoms with Gasteiger partial charge in [0.2, 0.25) is 0 Å². The fraction of sp³-hybridized carbons (Fsp3) is 0.579. The topological polar surface area (TPSA) is 72.8 Å². The van der Waals surface area contributed by atoms with Crippen molar-refractivity contribution in [2.75, 3.05) is 7.11 Å². The summed E-state index contributed by atoms with van der Waals surface area (Å²) in [6, 6.07) is 5.64. The van der Waals surface area contributed by atoms with E-state index in [1.165, 1.54) is 12.7 Å². The molecule has 2 aliphatic carbocycles. The zero-order chi connectivity index (χ0) is 18.4. The van der Waals surface area contributed by atoms with Crippen LogP contribution in [0.4, 0.5) is 0 Å². The summed E-state index contributed by atoms with van der Waals surface area (Å²) in [6.07, 6.45) is 3.44. The molecule has 3 rings (SSSR count). The predicted octanol–water partition coefficient (Wildman–Crippen LogP) is 3.17. The molecule has 0 spiro atoms. The van der Waals surface area contributed by atoms with E-state index in [0.29, 0.717) is 5.56 Å². The highest BCUT2D eigenvalue weighted by atomic mass is 32.2. The van der Waals surface area contributed by atoms with Crippen LogP contribution in [0.2, 0.25) is 0 Å². The molecule has 0 heterocycles. The molecular weight excluding hydrogens is 338 g/mol. The van der Waals surface area contributed by atoms with E-state index in [4.69, 9.17) is 4.74 Å². The summed E-state index contributed by atoms with van der Waals surface area (Å²) in [6.45, 7) is 5.05. The summed E-state index contributed by atoms with van der Waals surface area (Å²) >= 11 is 0. The molecule has 0 amide bonds. The van der Waals surface area contributed by atoms with Gasteiger partial charge in [0.15, 0.2) is 0 Å². The Morgan fingerprint density at radius 3 is 2.28 bits per heavy atom. The summed E-state index contributed by atoms with van der Waals surface area (Å²) < 4.78 is 33.3. The SMILES string of the molecule is COC(=O)c1ccc2c(c1)C[C@H]1CC[C@@H](C2)C1=NS(=O)(=O)C(C)(C)C. The van der Waals surface area contributed by atoms with Gasteiger partial charge in [0.1, 0.15) is 0 Å². The first kappa shape index (κ1) is 18.1. The molecule has 1 aromatic carbocycles. The fourth-order valence-electron chi connectivity index (χ4n) is 3.66. The van der Waals surface area contributed by atoms with E-state index in [1.54, 1.807) is 26.8 Å². The molecule has 6 heteroatoms. The molecule has 136 valence electrons. The Morgan fingerprint density at radius 1 is 1.12 bits per heavy atom. The number of esters is 1. The van der Waals surface area contributed by atoms with Crippen molar-refractivity contribution in [1.82, 2.24) is 0 Å². The van der Waals surface area contributed by atoms with E-state index in [9.17, 15) is 13.2 Å². The number of carbonyl (C=O) groups excluding carboxylic acids is 1. The van der Waals surface area contributed by atoms with Crippen LogP contribution in [0.3, 0.4) is 0 Å². The quantitative estimate of drug-likeness (QED) is 0.757. The maximum Gasteiger partial charge on any atom is 0.337 e. The first-order valence-electron chi connectivity index (χ1n) is 8.67. The average molecular weight is 363 g/mol. The Balaban J connectivity index is 1.98. The van der Waals surface area contributed by atoms with Crippen LogP contribution >= 0.6 is 0 Å². The van der Waals surface area contributed by atoms with E-state index in [0.717, 1.165) is 37.0 Å². The Labute approximate surface area is 149 Å². The van der Waals surface area contributed by atoms with Crippen LogP contribution < -0.4 is 0 Å². The predicted molar refractivity (Wildman–Crippen MR) is 97.5 cm³/mol. The minimum Gasteiger partial charge on any atom is -0.465 e. The molecule has 0 radical (unpaired) electrons. The van der Waals surface area contributed by atoms with E-state index < -0.39 is 14.8 Å². The number of fused-ring (bicyclic) bond motifs is 3. The third kappa shape index (κ3) is 3.36. The zero-order valence-electron chi connectivity index (χ0n) is 15.2. The standard InChI is InChI=1S/C19H25NO4S/c1-19(2,3)25(22,23)20-17-13-6-7-14(17)10-16-11-15(18(21)24-4)8-5-12(16)9-13/h5,8,11,13-14H,6-7,9-10H2,1-4H3/t13-,14+/m0/s1. The van der Waals surface area contributed by atoms with Crippen LogP contribution in [0.25, 0.3) is 0 Å². The summed E-state index contributed by atoms with van der Waals surface area (Å²) in [7, 11) is -2.17. The van der Waals surface area contributed by atoms with Gasteiger partial charge in [0.25, 0.3) is 10.0 Å². The third-order valence-electron chi connectivity index (χ3n) is 5.26. The second-order valence-electron chi connectivity index (χ2n) is 7.96. The average Bonchev–Trinajstić information content (AvgIpc) is 2.79. The molecular formula is C19H25NO4S. The van der Waals surface area contributed by atoms with Crippen molar-refractivity contribution in [3.63, 3.8) is 0 Å². The lowest BCUT2D eigenvalue weighted by molar-refractivity contribution is 0.0600. The van der Waals surface area contributed by atoms with Crippen molar-refractivity contribution in [2.45, 2.75) is 51.2 Å². The van der Waals surface area contributed by atoms with Gasteiger partial charge in [-0.25, -0.2) is 13.2 Å². The number of nitrogens with zero attached hydrogens (tertiary/aromatic N) is 1. The lowest BCUT2D eigenvalue weighted by atomic mass is 9.92. The van der Waals surface area contributed by atoms with Crippen LogP contribution in [-0.2, 0) is 27.6 Å². The Bertz CT molecular complexity index is 833. The lowest BCUT2D eigenvalue weighted by Gasteiger charge is -2.18. The molecule has 0 saturated heterocycles. The molecule has 25 heavy (non-hydrogen) atoms. The highest BCUT2D eigenvalue weighted by Gasteiger charge is 2.39. The van der Waals surface area contributed by atoms with Gasteiger partial charge in [-0.05, 0) is 69.7 Å². The maximum atomic E-state index is 12.6. The van der Waals surface area contributed by atoms with Gasteiger partial charge >= 0.3 is 5.97 Å². The molecule has 2 atom stereocenters. The zero-order valence-corrected chi connectivity index (χ0v) is 16.0. The Kier molecular flexibility index (Phi) is 4.52. The van der Waals surface area contributed by atoms with Crippen molar-refractivity contribution >= 4 is 21.7 Å². The molecule has 1 fully saturated rings. The summed E-state index contributed by atoms with van der Waals surface area (Å²) in [4.78, 5) is 11.8. The smallest absolute Gasteiger partial charge is 0.337 e. The van der Waals surface area contributed by atoms with Crippen molar-refractivity contribution in [3.05, 3.63) is 34.9 Å². The van der Waals surface area contributed by atoms with E-state index in [1.807, 2.05) is 12.1 Å². The number of sulfonamides is 1. The normalized spacial score (nSPS) is 24.7.